The zero-order chi connectivity index (χ0) is 20.1. The molecule has 0 spiro atoms. The SMILES string of the molecule is O=C(NCCCC(=O)N1CCN(Cc2csc(-c3ccccc3)n2)CC1)C1CC1. The third kappa shape index (κ3) is 5.64. The van der Waals surface area contributed by atoms with Gasteiger partial charge in [-0.2, -0.15) is 0 Å². The summed E-state index contributed by atoms with van der Waals surface area (Å²) in [6, 6.07) is 10.3. The lowest BCUT2D eigenvalue weighted by molar-refractivity contribution is -0.133. The fraction of sp³-hybridized carbons (Fsp3) is 0.500. The second-order valence-electron chi connectivity index (χ2n) is 7.84. The van der Waals surface area contributed by atoms with Gasteiger partial charge in [0.1, 0.15) is 5.01 Å². The summed E-state index contributed by atoms with van der Waals surface area (Å²) >= 11 is 1.68. The molecule has 1 aliphatic carbocycles. The fourth-order valence-electron chi connectivity index (χ4n) is 3.58. The molecule has 0 atom stereocenters. The van der Waals surface area contributed by atoms with Gasteiger partial charge < -0.3 is 10.2 Å². The Bertz CT molecular complexity index is 826. The molecule has 6 nitrogen and oxygen atoms in total. The van der Waals surface area contributed by atoms with Crippen molar-refractivity contribution in [3.8, 4) is 10.6 Å². The minimum atomic E-state index is 0.156. The van der Waals surface area contributed by atoms with E-state index in [2.05, 4.69) is 27.7 Å². The van der Waals surface area contributed by atoms with Crippen LogP contribution in [0.4, 0.5) is 0 Å². The molecule has 1 aromatic carbocycles. The van der Waals surface area contributed by atoms with Crippen molar-refractivity contribution in [2.24, 2.45) is 5.92 Å². The van der Waals surface area contributed by atoms with Crippen LogP contribution in [0, 0.1) is 5.92 Å². The summed E-state index contributed by atoms with van der Waals surface area (Å²) in [5.41, 5.74) is 2.26. The Morgan fingerprint density at radius 3 is 2.59 bits per heavy atom. The lowest BCUT2D eigenvalue weighted by atomic mass is 10.2. The van der Waals surface area contributed by atoms with Crippen LogP contribution in [0.2, 0.25) is 0 Å². The smallest absolute Gasteiger partial charge is 0.223 e. The van der Waals surface area contributed by atoms with E-state index in [9.17, 15) is 9.59 Å². The number of hydrogen-bond acceptors (Lipinski definition) is 5. The van der Waals surface area contributed by atoms with Crippen molar-refractivity contribution in [2.45, 2.75) is 32.2 Å². The van der Waals surface area contributed by atoms with Crippen molar-refractivity contribution in [3.05, 3.63) is 41.4 Å². The third-order valence-electron chi connectivity index (χ3n) is 5.50. The number of benzene rings is 1. The molecule has 2 aliphatic rings. The van der Waals surface area contributed by atoms with E-state index in [4.69, 9.17) is 4.98 Å². The first-order chi connectivity index (χ1) is 14.2. The third-order valence-corrected chi connectivity index (χ3v) is 6.44. The maximum absolute atomic E-state index is 12.4. The van der Waals surface area contributed by atoms with Gasteiger partial charge in [0.2, 0.25) is 11.8 Å². The molecule has 0 unspecified atom stereocenters. The van der Waals surface area contributed by atoms with Gasteiger partial charge in [0, 0.05) is 62.6 Å². The number of amides is 2. The van der Waals surface area contributed by atoms with Crippen molar-refractivity contribution < 1.29 is 9.59 Å². The van der Waals surface area contributed by atoms with E-state index < -0.39 is 0 Å². The minimum Gasteiger partial charge on any atom is -0.356 e. The van der Waals surface area contributed by atoms with E-state index in [0.29, 0.717) is 13.0 Å². The summed E-state index contributed by atoms with van der Waals surface area (Å²) in [5.74, 6) is 0.592. The predicted molar refractivity (Wildman–Crippen MR) is 114 cm³/mol. The van der Waals surface area contributed by atoms with E-state index >= 15 is 0 Å². The molecule has 1 saturated heterocycles. The molecule has 1 saturated carbocycles. The Balaban J connectivity index is 1.16. The summed E-state index contributed by atoms with van der Waals surface area (Å²) in [6.45, 7) is 4.73. The van der Waals surface area contributed by atoms with Gasteiger partial charge in [0.15, 0.2) is 0 Å². The van der Waals surface area contributed by atoms with E-state index in [-0.39, 0.29) is 17.7 Å². The minimum absolute atomic E-state index is 0.156. The number of aromatic nitrogens is 1. The average molecular weight is 413 g/mol. The first-order valence-corrected chi connectivity index (χ1v) is 11.3. The van der Waals surface area contributed by atoms with E-state index in [1.807, 2.05) is 23.1 Å². The van der Waals surface area contributed by atoms with E-state index in [0.717, 1.165) is 68.3 Å². The summed E-state index contributed by atoms with van der Waals surface area (Å²) in [4.78, 5) is 33.1. The number of nitrogens with zero attached hydrogens (tertiary/aromatic N) is 3. The lowest BCUT2D eigenvalue weighted by Crippen LogP contribution is -2.48. The standard InChI is InChI=1S/C22H28N4O2S/c27-20(7-4-10-23-21(28)17-8-9-17)26-13-11-25(12-14-26)15-19-16-29-22(24-19)18-5-2-1-3-6-18/h1-3,5-6,16-17H,4,7-15H2,(H,23,28). The van der Waals surface area contributed by atoms with Crippen molar-refractivity contribution in [1.82, 2.24) is 20.1 Å². The van der Waals surface area contributed by atoms with Gasteiger partial charge in [0.25, 0.3) is 0 Å². The molecule has 154 valence electrons. The van der Waals surface area contributed by atoms with Crippen LogP contribution in [0.25, 0.3) is 10.6 Å². The highest BCUT2D eigenvalue weighted by molar-refractivity contribution is 7.13. The number of rotatable bonds is 8. The molecular formula is C22H28N4O2S. The number of nitrogens with one attached hydrogen (secondary N) is 1. The molecule has 7 heteroatoms. The topological polar surface area (TPSA) is 65.5 Å². The molecule has 2 amide bonds. The van der Waals surface area contributed by atoms with Gasteiger partial charge in [-0.05, 0) is 19.3 Å². The molecule has 1 aliphatic heterocycles. The molecule has 1 N–H and O–H groups in total. The molecule has 1 aromatic heterocycles. The second-order valence-corrected chi connectivity index (χ2v) is 8.69. The van der Waals surface area contributed by atoms with Crippen LogP contribution in [0.15, 0.2) is 35.7 Å². The van der Waals surface area contributed by atoms with Gasteiger partial charge in [0.05, 0.1) is 5.69 Å². The highest BCUT2D eigenvalue weighted by Crippen LogP contribution is 2.28. The first kappa shape index (κ1) is 20.0. The van der Waals surface area contributed by atoms with Gasteiger partial charge in [-0.3, -0.25) is 14.5 Å². The zero-order valence-electron chi connectivity index (χ0n) is 16.7. The fourth-order valence-corrected chi connectivity index (χ4v) is 4.39. The average Bonchev–Trinajstić information content (AvgIpc) is 3.51. The van der Waals surface area contributed by atoms with Gasteiger partial charge >= 0.3 is 0 Å². The molecule has 2 fully saturated rings. The summed E-state index contributed by atoms with van der Waals surface area (Å²) in [6.07, 6.45) is 3.27. The molecule has 0 bridgehead atoms. The molecule has 2 heterocycles. The molecular weight excluding hydrogens is 384 g/mol. The van der Waals surface area contributed by atoms with Crippen LogP contribution >= 0.6 is 11.3 Å². The number of carbonyl (C=O) groups excluding carboxylic acids is 2. The maximum Gasteiger partial charge on any atom is 0.223 e. The van der Waals surface area contributed by atoms with Crippen LogP contribution in [0.5, 0.6) is 0 Å². The van der Waals surface area contributed by atoms with Gasteiger partial charge in [-0.1, -0.05) is 30.3 Å². The second kappa shape index (κ2) is 9.50. The highest BCUT2D eigenvalue weighted by Gasteiger charge is 2.29. The molecule has 29 heavy (non-hydrogen) atoms. The largest absolute Gasteiger partial charge is 0.356 e. The Morgan fingerprint density at radius 1 is 1.10 bits per heavy atom. The van der Waals surface area contributed by atoms with Crippen LogP contribution in [0.1, 0.15) is 31.4 Å². The summed E-state index contributed by atoms with van der Waals surface area (Å²) in [5, 5.41) is 6.12. The Labute approximate surface area is 175 Å². The zero-order valence-corrected chi connectivity index (χ0v) is 17.5. The predicted octanol–water partition coefficient (Wildman–Crippen LogP) is 2.76. The van der Waals surface area contributed by atoms with Gasteiger partial charge in [-0.25, -0.2) is 4.98 Å². The molecule has 0 radical (unpaired) electrons. The summed E-state index contributed by atoms with van der Waals surface area (Å²) < 4.78 is 0. The number of hydrogen-bond donors (Lipinski definition) is 1. The number of carbonyl (C=O) groups is 2. The van der Waals surface area contributed by atoms with Gasteiger partial charge in [-0.15, -0.1) is 11.3 Å². The Hall–Kier alpha value is -2.25. The number of piperazine rings is 1. The Kier molecular flexibility index (Phi) is 6.56. The van der Waals surface area contributed by atoms with Crippen molar-refractivity contribution in [3.63, 3.8) is 0 Å². The number of thiazole rings is 1. The van der Waals surface area contributed by atoms with Crippen LogP contribution < -0.4 is 5.32 Å². The quantitative estimate of drug-likeness (QED) is 0.677. The monoisotopic (exact) mass is 412 g/mol. The van der Waals surface area contributed by atoms with Crippen LogP contribution in [0.3, 0.4) is 0 Å². The Morgan fingerprint density at radius 2 is 1.86 bits per heavy atom. The van der Waals surface area contributed by atoms with Crippen molar-refractivity contribution in [2.75, 3.05) is 32.7 Å². The van der Waals surface area contributed by atoms with E-state index in [1.165, 1.54) is 0 Å². The van der Waals surface area contributed by atoms with Crippen molar-refractivity contribution >= 4 is 23.2 Å². The molecule has 2 aromatic rings. The highest BCUT2D eigenvalue weighted by atomic mass is 32.1. The first-order valence-electron chi connectivity index (χ1n) is 10.5. The normalized spacial score (nSPS) is 17.3. The molecule has 4 rings (SSSR count). The summed E-state index contributed by atoms with van der Waals surface area (Å²) in [7, 11) is 0. The van der Waals surface area contributed by atoms with Crippen LogP contribution in [-0.4, -0.2) is 59.3 Å². The lowest BCUT2D eigenvalue weighted by Gasteiger charge is -2.34. The maximum atomic E-state index is 12.4. The van der Waals surface area contributed by atoms with E-state index in [1.54, 1.807) is 11.3 Å². The van der Waals surface area contributed by atoms with Crippen molar-refractivity contribution in [1.29, 1.82) is 0 Å². The van der Waals surface area contributed by atoms with Crippen LogP contribution in [-0.2, 0) is 16.1 Å².